The zero-order valence-corrected chi connectivity index (χ0v) is 8.99. The summed E-state index contributed by atoms with van der Waals surface area (Å²) in [5.41, 5.74) is 1.81. The summed E-state index contributed by atoms with van der Waals surface area (Å²) in [5, 5.41) is 10.8. The number of hydrogen-bond donors (Lipinski definition) is 0. The maximum absolute atomic E-state index is 10.8. The smallest absolute Gasteiger partial charge is 0.258 e. The van der Waals surface area contributed by atoms with Gasteiger partial charge < -0.3 is 0 Å². The van der Waals surface area contributed by atoms with Crippen LogP contribution in [0.15, 0.2) is 30.9 Å². The first kappa shape index (κ1) is 11.4. The molecule has 15 heavy (non-hydrogen) atoms. The molecule has 0 saturated carbocycles. The molecule has 0 N–H and O–H groups in total. The number of benzene rings is 1. The average Bonchev–Trinajstić information content (AvgIpc) is 2.27. The lowest BCUT2D eigenvalue weighted by Crippen LogP contribution is -1.98. The summed E-state index contributed by atoms with van der Waals surface area (Å²) in [7, 11) is 0. The fourth-order valence-electron chi connectivity index (χ4n) is 1.40. The summed E-state index contributed by atoms with van der Waals surface area (Å²) >= 11 is 0. The molecule has 1 aromatic rings. The van der Waals surface area contributed by atoms with E-state index in [1.807, 2.05) is 19.9 Å². The van der Waals surface area contributed by atoms with Gasteiger partial charge in [-0.15, -0.1) is 6.58 Å². The Morgan fingerprint density at radius 3 is 2.73 bits per heavy atom. The van der Waals surface area contributed by atoms with Crippen LogP contribution in [0.4, 0.5) is 5.69 Å². The summed E-state index contributed by atoms with van der Waals surface area (Å²) < 4.78 is 0. The first-order valence-corrected chi connectivity index (χ1v) is 4.83. The van der Waals surface area contributed by atoms with Crippen molar-refractivity contribution < 1.29 is 4.92 Å². The van der Waals surface area contributed by atoms with Crippen LogP contribution in [0, 0.1) is 16.0 Å². The molecule has 0 heterocycles. The third kappa shape index (κ3) is 2.43. The van der Waals surface area contributed by atoms with Gasteiger partial charge in [0.2, 0.25) is 0 Å². The van der Waals surface area contributed by atoms with Crippen LogP contribution in [0.5, 0.6) is 0 Å². The Balaban J connectivity index is 3.21. The number of hydrogen-bond acceptors (Lipinski definition) is 2. The van der Waals surface area contributed by atoms with Crippen LogP contribution >= 0.6 is 0 Å². The predicted molar refractivity (Wildman–Crippen MR) is 60.7 cm³/mol. The van der Waals surface area contributed by atoms with E-state index in [1.54, 1.807) is 18.2 Å². The van der Waals surface area contributed by atoms with Gasteiger partial charge in [-0.2, -0.15) is 0 Å². The molecule has 0 saturated heterocycles. The maximum Gasteiger partial charge on any atom is 0.272 e. The van der Waals surface area contributed by atoms with Crippen LogP contribution in [-0.2, 0) is 6.42 Å². The first-order valence-electron chi connectivity index (χ1n) is 4.83. The number of rotatable bonds is 4. The minimum atomic E-state index is -0.335. The van der Waals surface area contributed by atoms with Gasteiger partial charge in [-0.25, -0.2) is 0 Å². The van der Waals surface area contributed by atoms with Crippen LogP contribution < -0.4 is 0 Å². The SMILES string of the molecule is C=C[C](C)c1ccc(CC)c([N+](=O)[O-])c1. The first-order chi connectivity index (χ1) is 7.10. The van der Waals surface area contributed by atoms with Gasteiger partial charge in [-0.3, -0.25) is 10.1 Å². The molecule has 0 unspecified atom stereocenters. The van der Waals surface area contributed by atoms with Crippen molar-refractivity contribution in [1.29, 1.82) is 0 Å². The van der Waals surface area contributed by atoms with Crippen LogP contribution in [0.1, 0.15) is 25.0 Å². The Kier molecular flexibility index (Phi) is 3.61. The van der Waals surface area contributed by atoms with Crippen molar-refractivity contribution in [1.82, 2.24) is 0 Å². The highest BCUT2D eigenvalue weighted by Crippen LogP contribution is 2.25. The fraction of sp³-hybridized carbons (Fsp3) is 0.250. The molecule has 0 aliphatic rings. The molecule has 0 aliphatic heterocycles. The highest BCUT2D eigenvalue weighted by molar-refractivity contribution is 5.48. The molecule has 0 fully saturated rings. The number of aryl methyl sites for hydroxylation is 1. The van der Waals surface area contributed by atoms with Crippen molar-refractivity contribution >= 4 is 5.69 Å². The molecular weight excluding hydrogens is 190 g/mol. The molecule has 1 radical (unpaired) electrons. The van der Waals surface area contributed by atoms with Crippen LogP contribution in [0.2, 0.25) is 0 Å². The topological polar surface area (TPSA) is 43.1 Å². The normalized spacial score (nSPS) is 10.3. The molecule has 0 amide bonds. The van der Waals surface area contributed by atoms with Gasteiger partial charge in [0.1, 0.15) is 0 Å². The molecule has 0 bridgehead atoms. The van der Waals surface area contributed by atoms with E-state index >= 15 is 0 Å². The Morgan fingerprint density at radius 1 is 1.60 bits per heavy atom. The molecular formula is C12H14NO2. The highest BCUT2D eigenvalue weighted by Gasteiger charge is 2.14. The van der Waals surface area contributed by atoms with Crippen LogP contribution in [0.3, 0.4) is 0 Å². The van der Waals surface area contributed by atoms with E-state index in [9.17, 15) is 10.1 Å². The zero-order chi connectivity index (χ0) is 11.4. The lowest BCUT2D eigenvalue weighted by molar-refractivity contribution is -0.385. The van der Waals surface area contributed by atoms with Crippen LogP contribution in [0.25, 0.3) is 0 Å². The quantitative estimate of drug-likeness (QED) is 0.558. The van der Waals surface area contributed by atoms with Gasteiger partial charge in [-0.05, 0) is 12.0 Å². The van der Waals surface area contributed by atoms with E-state index in [4.69, 9.17) is 0 Å². The molecule has 1 rings (SSSR count). The minimum Gasteiger partial charge on any atom is -0.258 e. The van der Waals surface area contributed by atoms with E-state index in [2.05, 4.69) is 6.58 Å². The minimum absolute atomic E-state index is 0.191. The van der Waals surface area contributed by atoms with E-state index < -0.39 is 0 Å². The van der Waals surface area contributed by atoms with Gasteiger partial charge in [0.25, 0.3) is 5.69 Å². The van der Waals surface area contributed by atoms with Crippen molar-refractivity contribution in [2.75, 3.05) is 0 Å². The molecule has 3 heteroatoms. The van der Waals surface area contributed by atoms with E-state index in [0.29, 0.717) is 6.42 Å². The Hall–Kier alpha value is -1.64. The lowest BCUT2D eigenvalue weighted by atomic mass is 9.98. The van der Waals surface area contributed by atoms with Gasteiger partial charge in [-0.1, -0.05) is 32.1 Å². The molecule has 79 valence electrons. The molecule has 0 atom stereocenters. The third-order valence-electron chi connectivity index (χ3n) is 2.42. The van der Waals surface area contributed by atoms with Gasteiger partial charge in [0, 0.05) is 17.5 Å². The van der Waals surface area contributed by atoms with E-state index in [0.717, 1.165) is 17.0 Å². The summed E-state index contributed by atoms with van der Waals surface area (Å²) in [6.07, 6.45) is 2.37. The maximum atomic E-state index is 10.8. The van der Waals surface area contributed by atoms with Gasteiger partial charge in [0.15, 0.2) is 0 Å². The lowest BCUT2D eigenvalue weighted by Gasteiger charge is -2.07. The largest absolute Gasteiger partial charge is 0.272 e. The molecule has 0 aliphatic carbocycles. The Bertz CT molecular complexity index is 385. The zero-order valence-electron chi connectivity index (χ0n) is 8.99. The van der Waals surface area contributed by atoms with E-state index in [1.165, 1.54) is 0 Å². The Morgan fingerprint density at radius 2 is 2.27 bits per heavy atom. The van der Waals surface area contributed by atoms with Crippen molar-refractivity contribution in [2.24, 2.45) is 0 Å². The second-order valence-electron chi connectivity index (χ2n) is 3.34. The summed E-state index contributed by atoms with van der Waals surface area (Å²) in [5.74, 6) is 0.945. The van der Waals surface area contributed by atoms with Crippen molar-refractivity contribution in [3.05, 3.63) is 58.0 Å². The molecule has 0 aromatic heterocycles. The fourth-order valence-corrected chi connectivity index (χ4v) is 1.40. The number of nitro benzene ring substituents is 1. The number of allylic oxidation sites excluding steroid dienone is 1. The molecule has 0 spiro atoms. The van der Waals surface area contributed by atoms with Crippen molar-refractivity contribution in [3.8, 4) is 0 Å². The van der Waals surface area contributed by atoms with Crippen molar-refractivity contribution in [3.63, 3.8) is 0 Å². The average molecular weight is 204 g/mol. The van der Waals surface area contributed by atoms with E-state index in [-0.39, 0.29) is 10.6 Å². The van der Waals surface area contributed by atoms with Gasteiger partial charge >= 0.3 is 0 Å². The second-order valence-corrected chi connectivity index (χ2v) is 3.34. The third-order valence-corrected chi connectivity index (χ3v) is 2.42. The second kappa shape index (κ2) is 4.73. The number of nitrogens with zero attached hydrogens (tertiary/aromatic N) is 1. The van der Waals surface area contributed by atoms with Crippen molar-refractivity contribution in [2.45, 2.75) is 20.3 Å². The number of nitro groups is 1. The monoisotopic (exact) mass is 204 g/mol. The molecule has 3 nitrogen and oxygen atoms in total. The summed E-state index contributed by atoms with van der Waals surface area (Å²) in [6, 6.07) is 5.30. The van der Waals surface area contributed by atoms with Gasteiger partial charge in [0.05, 0.1) is 4.92 Å². The standard InChI is InChI=1S/C12H14NO2/c1-4-9(3)11-7-6-10(5-2)12(8-11)13(14)15/h4,6-8H,1,5H2,2-3H3. The summed E-state index contributed by atoms with van der Waals surface area (Å²) in [4.78, 5) is 10.5. The summed E-state index contributed by atoms with van der Waals surface area (Å²) in [6.45, 7) is 7.44. The van der Waals surface area contributed by atoms with Crippen LogP contribution in [-0.4, -0.2) is 4.92 Å². The predicted octanol–water partition coefficient (Wildman–Crippen LogP) is 3.29. The molecule has 1 aromatic carbocycles. The Labute approximate surface area is 89.6 Å². The highest BCUT2D eigenvalue weighted by atomic mass is 16.6.